The molecule has 9 heteroatoms. The fraction of sp³-hybridized carbons (Fsp3) is 0.500. The Labute approximate surface area is 170 Å². The van der Waals surface area contributed by atoms with Crippen molar-refractivity contribution in [2.75, 3.05) is 73.7 Å². The van der Waals surface area contributed by atoms with Crippen molar-refractivity contribution in [3.8, 4) is 0 Å². The standard InChI is InChI=1S/C20H27N7O2/c1-2-29-20(28)27-14-10-25(11-15-27)18-16-21-23-19(22-18)26-12-8-24(9-13-26)17-6-4-3-5-7-17/h3-7,16H,2,8-15H2,1H3. The molecule has 0 bridgehead atoms. The highest BCUT2D eigenvalue weighted by molar-refractivity contribution is 5.68. The molecule has 0 N–H and O–H groups in total. The number of anilines is 3. The molecule has 1 aromatic heterocycles. The summed E-state index contributed by atoms with van der Waals surface area (Å²) in [5.74, 6) is 1.48. The maximum absolute atomic E-state index is 11.9. The zero-order valence-electron chi connectivity index (χ0n) is 16.8. The van der Waals surface area contributed by atoms with Crippen LogP contribution in [0.15, 0.2) is 36.5 Å². The number of aromatic nitrogens is 3. The lowest BCUT2D eigenvalue weighted by Crippen LogP contribution is -2.49. The predicted molar refractivity (Wildman–Crippen MR) is 112 cm³/mol. The van der Waals surface area contributed by atoms with Crippen LogP contribution in [-0.4, -0.2) is 85.1 Å². The monoisotopic (exact) mass is 397 g/mol. The Morgan fingerprint density at radius 3 is 2.28 bits per heavy atom. The lowest BCUT2D eigenvalue weighted by atomic mass is 10.2. The van der Waals surface area contributed by atoms with E-state index in [0.29, 0.717) is 38.7 Å². The lowest BCUT2D eigenvalue weighted by molar-refractivity contribution is 0.105. The molecule has 2 aromatic rings. The maximum Gasteiger partial charge on any atom is 0.409 e. The summed E-state index contributed by atoms with van der Waals surface area (Å²) in [6.45, 7) is 8.44. The SMILES string of the molecule is CCOC(=O)N1CCN(c2cnnc(N3CCN(c4ccccc4)CC3)n2)CC1. The zero-order chi connectivity index (χ0) is 20.1. The third-order valence-corrected chi connectivity index (χ3v) is 5.35. The van der Waals surface area contributed by atoms with Crippen LogP contribution in [0, 0.1) is 0 Å². The van der Waals surface area contributed by atoms with Crippen molar-refractivity contribution in [3.05, 3.63) is 36.5 Å². The Kier molecular flexibility index (Phi) is 5.92. The molecule has 0 spiro atoms. The van der Waals surface area contributed by atoms with Gasteiger partial charge in [0.2, 0.25) is 5.95 Å². The van der Waals surface area contributed by atoms with Gasteiger partial charge in [-0.2, -0.15) is 10.1 Å². The van der Waals surface area contributed by atoms with E-state index >= 15 is 0 Å². The minimum absolute atomic E-state index is 0.245. The molecule has 4 rings (SSSR count). The second kappa shape index (κ2) is 8.93. The van der Waals surface area contributed by atoms with Crippen molar-refractivity contribution in [2.24, 2.45) is 0 Å². The highest BCUT2D eigenvalue weighted by Crippen LogP contribution is 2.20. The Bertz CT molecular complexity index is 803. The lowest BCUT2D eigenvalue weighted by Gasteiger charge is -2.37. The molecule has 1 aromatic carbocycles. The van der Waals surface area contributed by atoms with E-state index in [0.717, 1.165) is 32.0 Å². The first-order valence-corrected chi connectivity index (χ1v) is 10.2. The van der Waals surface area contributed by atoms with E-state index in [-0.39, 0.29) is 6.09 Å². The van der Waals surface area contributed by atoms with Gasteiger partial charge < -0.3 is 24.3 Å². The van der Waals surface area contributed by atoms with Crippen LogP contribution in [0.4, 0.5) is 22.2 Å². The molecule has 3 heterocycles. The molecule has 0 unspecified atom stereocenters. The fourth-order valence-corrected chi connectivity index (χ4v) is 3.71. The van der Waals surface area contributed by atoms with Crippen molar-refractivity contribution in [1.82, 2.24) is 20.1 Å². The third-order valence-electron chi connectivity index (χ3n) is 5.35. The highest BCUT2D eigenvalue weighted by atomic mass is 16.6. The zero-order valence-corrected chi connectivity index (χ0v) is 16.8. The summed E-state index contributed by atoms with van der Waals surface area (Å²) < 4.78 is 5.08. The van der Waals surface area contributed by atoms with Gasteiger partial charge >= 0.3 is 6.09 Å². The molecule has 154 valence electrons. The van der Waals surface area contributed by atoms with Gasteiger partial charge in [-0.15, -0.1) is 5.10 Å². The minimum Gasteiger partial charge on any atom is -0.450 e. The summed E-state index contributed by atoms with van der Waals surface area (Å²) in [4.78, 5) is 25.1. The molecular weight excluding hydrogens is 370 g/mol. The number of carbonyl (C=O) groups is 1. The number of hydrogen-bond donors (Lipinski definition) is 0. The van der Waals surface area contributed by atoms with Crippen molar-refractivity contribution in [1.29, 1.82) is 0 Å². The molecule has 2 fully saturated rings. The van der Waals surface area contributed by atoms with Gasteiger partial charge in [-0.3, -0.25) is 0 Å². The van der Waals surface area contributed by atoms with Gasteiger partial charge in [0.05, 0.1) is 12.8 Å². The van der Waals surface area contributed by atoms with Gasteiger partial charge in [0.1, 0.15) is 0 Å². The Balaban J connectivity index is 1.34. The van der Waals surface area contributed by atoms with E-state index in [1.807, 2.05) is 13.0 Å². The molecule has 2 aliphatic heterocycles. The molecule has 9 nitrogen and oxygen atoms in total. The molecule has 0 saturated carbocycles. The quantitative estimate of drug-likeness (QED) is 0.768. The largest absolute Gasteiger partial charge is 0.450 e. The van der Waals surface area contributed by atoms with Crippen LogP contribution in [0.3, 0.4) is 0 Å². The number of piperazine rings is 2. The maximum atomic E-state index is 11.9. The van der Waals surface area contributed by atoms with Crippen molar-refractivity contribution < 1.29 is 9.53 Å². The molecule has 0 atom stereocenters. The topological polar surface area (TPSA) is 77.9 Å². The van der Waals surface area contributed by atoms with Gasteiger partial charge in [-0.25, -0.2) is 4.79 Å². The first-order valence-electron chi connectivity index (χ1n) is 10.2. The fourth-order valence-electron chi connectivity index (χ4n) is 3.71. The van der Waals surface area contributed by atoms with Crippen LogP contribution < -0.4 is 14.7 Å². The second-order valence-corrected chi connectivity index (χ2v) is 7.10. The van der Waals surface area contributed by atoms with E-state index in [2.05, 4.69) is 49.2 Å². The van der Waals surface area contributed by atoms with Crippen LogP contribution in [0.2, 0.25) is 0 Å². The van der Waals surface area contributed by atoms with Gasteiger partial charge in [-0.1, -0.05) is 18.2 Å². The molecule has 0 radical (unpaired) electrons. The molecule has 1 amide bonds. The number of nitrogens with zero attached hydrogens (tertiary/aromatic N) is 7. The second-order valence-electron chi connectivity index (χ2n) is 7.10. The number of para-hydroxylation sites is 1. The summed E-state index contributed by atoms with van der Waals surface area (Å²) in [7, 11) is 0. The Morgan fingerprint density at radius 1 is 0.931 bits per heavy atom. The summed E-state index contributed by atoms with van der Waals surface area (Å²) >= 11 is 0. The van der Waals surface area contributed by atoms with E-state index < -0.39 is 0 Å². The number of ether oxygens (including phenoxy) is 1. The highest BCUT2D eigenvalue weighted by Gasteiger charge is 2.24. The Hall–Kier alpha value is -3.10. The molecule has 29 heavy (non-hydrogen) atoms. The van der Waals surface area contributed by atoms with Gasteiger partial charge in [-0.05, 0) is 19.1 Å². The summed E-state index contributed by atoms with van der Waals surface area (Å²) in [6.07, 6.45) is 1.45. The van der Waals surface area contributed by atoms with Crippen LogP contribution in [-0.2, 0) is 4.74 Å². The van der Waals surface area contributed by atoms with Gasteiger partial charge in [0.15, 0.2) is 5.82 Å². The van der Waals surface area contributed by atoms with Crippen molar-refractivity contribution in [2.45, 2.75) is 6.92 Å². The van der Waals surface area contributed by atoms with E-state index in [9.17, 15) is 4.79 Å². The van der Waals surface area contributed by atoms with E-state index in [1.165, 1.54) is 5.69 Å². The normalized spacial score (nSPS) is 17.4. The third kappa shape index (κ3) is 4.49. The van der Waals surface area contributed by atoms with Crippen LogP contribution in [0.1, 0.15) is 6.92 Å². The summed E-state index contributed by atoms with van der Waals surface area (Å²) in [5, 5.41) is 8.44. The average Bonchev–Trinajstić information content (AvgIpc) is 2.80. The summed E-state index contributed by atoms with van der Waals surface area (Å²) in [6, 6.07) is 10.5. The molecule has 0 aliphatic carbocycles. The number of carbonyl (C=O) groups excluding carboxylic acids is 1. The van der Waals surface area contributed by atoms with Crippen molar-refractivity contribution >= 4 is 23.5 Å². The number of benzene rings is 1. The van der Waals surface area contributed by atoms with E-state index in [1.54, 1.807) is 11.1 Å². The smallest absolute Gasteiger partial charge is 0.409 e. The Morgan fingerprint density at radius 2 is 1.59 bits per heavy atom. The van der Waals surface area contributed by atoms with E-state index in [4.69, 9.17) is 9.72 Å². The number of hydrogen-bond acceptors (Lipinski definition) is 8. The first kappa shape index (κ1) is 19.2. The van der Waals surface area contributed by atoms with Crippen molar-refractivity contribution in [3.63, 3.8) is 0 Å². The van der Waals surface area contributed by atoms with Crippen LogP contribution in [0.5, 0.6) is 0 Å². The predicted octanol–water partition coefficient (Wildman–Crippen LogP) is 1.48. The first-order chi connectivity index (χ1) is 14.2. The van der Waals surface area contributed by atoms with Gasteiger partial charge in [0.25, 0.3) is 0 Å². The molecule has 2 aliphatic rings. The summed E-state index contributed by atoms with van der Waals surface area (Å²) in [5.41, 5.74) is 1.25. The molecule has 2 saturated heterocycles. The van der Waals surface area contributed by atoms with Gasteiger partial charge in [0, 0.05) is 58.0 Å². The number of amides is 1. The number of rotatable bonds is 4. The minimum atomic E-state index is -0.245. The molecular formula is C20H27N7O2. The average molecular weight is 397 g/mol. The van der Waals surface area contributed by atoms with Crippen LogP contribution >= 0.6 is 0 Å². The van der Waals surface area contributed by atoms with Crippen LogP contribution in [0.25, 0.3) is 0 Å².